The monoisotopic (exact) mass is 159 g/mol. The molecule has 0 saturated carbocycles. The van der Waals surface area contributed by atoms with E-state index < -0.39 is 6.09 Å². The lowest BCUT2D eigenvalue weighted by atomic mass is 10.7. The fraction of sp³-hybridized carbons (Fsp3) is 0.714. The lowest BCUT2D eigenvalue weighted by Crippen LogP contribution is -2.05. The second-order valence-electron chi connectivity index (χ2n) is 1.76. The van der Waals surface area contributed by atoms with Crippen LogP contribution in [0.1, 0.15) is 20.8 Å². The molecule has 0 aromatic heterocycles. The first-order chi connectivity index (χ1) is 5.20. The van der Waals surface area contributed by atoms with Crippen LogP contribution in [0.25, 0.3) is 0 Å². The highest BCUT2D eigenvalue weighted by atomic mass is 16.6. The number of hydrogen-bond donors (Lipinski definition) is 0. The summed E-state index contributed by atoms with van der Waals surface area (Å²) in [6.07, 6.45) is -0.599. The number of rotatable bonds is 2. The quantitative estimate of drug-likeness (QED) is 0.454. The van der Waals surface area contributed by atoms with Crippen LogP contribution >= 0.6 is 0 Å². The van der Waals surface area contributed by atoms with E-state index in [9.17, 15) is 4.79 Å². The number of ether oxygens (including phenoxy) is 2. The molecule has 0 aromatic rings. The summed E-state index contributed by atoms with van der Waals surface area (Å²) < 4.78 is 9.46. The van der Waals surface area contributed by atoms with E-state index in [-0.39, 0.29) is 0 Å². The summed E-state index contributed by atoms with van der Waals surface area (Å²) in [6.45, 7) is 6.00. The number of hydrogen-bond acceptors (Lipinski definition) is 3. The fourth-order valence-electron chi connectivity index (χ4n) is 0.525. The Labute approximate surface area is 66.2 Å². The average molecular weight is 159 g/mol. The molecule has 0 atom stereocenters. The van der Waals surface area contributed by atoms with E-state index >= 15 is 0 Å². The molecule has 64 valence electrons. The summed E-state index contributed by atoms with van der Waals surface area (Å²) in [5.41, 5.74) is 0. The predicted molar refractivity (Wildman–Crippen MR) is 41.8 cm³/mol. The van der Waals surface area contributed by atoms with E-state index in [0.717, 1.165) is 0 Å². The molecular formula is C7H13NO3. The molecule has 4 nitrogen and oxygen atoms in total. The molecule has 0 heterocycles. The van der Waals surface area contributed by atoms with Gasteiger partial charge in [-0.25, -0.2) is 4.79 Å². The van der Waals surface area contributed by atoms with Crippen molar-refractivity contribution in [3.8, 4) is 0 Å². The maximum absolute atomic E-state index is 10.6. The Balaban J connectivity index is 3.76. The van der Waals surface area contributed by atoms with Crippen molar-refractivity contribution in [3.63, 3.8) is 0 Å². The first-order valence-corrected chi connectivity index (χ1v) is 3.55. The summed E-state index contributed by atoms with van der Waals surface area (Å²) in [4.78, 5) is 14.1. The Morgan fingerprint density at radius 1 is 1.27 bits per heavy atom. The van der Waals surface area contributed by atoms with Gasteiger partial charge in [0.1, 0.15) is 0 Å². The molecule has 0 rings (SSSR count). The number of aliphatic imine (C=N–C) groups is 1. The van der Waals surface area contributed by atoms with E-state index in [4.69, 9.17) is 4.74 Å². The van der Waals surface area contributed by atoms with Crippen LogP contribution in [0.5, 0.6) is 0 Å². The minimum Gasteiger partial charge on any atom is -0.481 e. The molecule has 11 heavy (non-hydrogen) atoms. The summed E-state index contributed by atoms with van der Waals surface area (Å²) >= 11 is 0. The van der Waals surface area contributed by atoms with Crippen molar-refractivity contribution >= 4 is 12.0 Å². The average Bonchev–Trinajstić information content (AvgIpc) is 1.87. The summed E-state index contributed by atoms with van der Waals surface area (Å²) in [5.74, 6) is 0.339. The van der Waals surface area contributed by atoms with Crippen LogP contribution in [-0.2, 0) is 9.47 Å². The van der Waals surface area contributed by atoms with Crippen LogP contribution in [-0.4, -0.2) is 25.2 Å². The third kappa shape index (κ3) is 5.39. The molecule has 1 amide bonds. The van der Waals surface area contributed by atoms with E-state index in [0.29, 0.717) is 19.1 Å². The second-order valence-corrected chi connectivity index (χ2v) is 1.76. The van der Waals surface area contributed by atoms with Crippen molar-refractivity contribution in [1.29, 1.82) is 0 Å². The summed E-state index contributed by atoms with van der Waals surface area (Å²) in [6, 6.07) is 0. The molecule has 0 N–H and O–H groups in total. The van der Waals surface area contributed by atoms with Crippen molar-refractivity contribution in [1.82, 2.24) is 0 Å². The van der Waals surface area contributed by atoms with Gasteiger partial charge < -0.3 is 9.47 Å². The topological polar surface area (TPSA) is 47.9 Å². The minimum atomic E-state index is -0.599. The Bertz CT molecular complexity index is 154. The fourth-order valence-corrected chi connectivity index (χ4v) is 0.525. The van der Waals surface area contributed by atoms with Crippen LogP contribution < -0.4 is 0 Å². The van der Waals surface area contributed by atoms with Gasteiger partial charge in [0.2, 0.25) is 0 Å². The van der Waals surface area contributed by atoms with E-state index in [2.05, 4.69) is 9.73 Å². The number of carbonyl (C=O) groups is 1. The standard InChI is InChI=1S/C7H13NO3/c1-4-10-6(3)8-7(9)11-5-2/h4-5H2,1-3H3/b8-6+. The van der Waals surface area contributed by atoms with E-state index in [1.54, 1.807) is 13.8 Å². The molecule has 0 saturated heterocycles. The van der Waals surface area contributed by atoms with Gasteiger partial charge in [0.05, 0.1) is 13.2 Å². The van der Waals surface area contributed by atoms with Crippen LogP contribution in [0, 0.1) is 0 Å². The zero-order valence-corrected chi connectivity index (χ0v) is 7.09. The van der Waals surface area contributed by atoms with Gasteiger partial charge in [0, 0.05) is 6.92 Å². The van der Waals surface area contributed by atoms with Gasteiger partial charge in [0.15, 0.2) is 5.90 Å². The van der Waals surface area contributed by atoms with Crippen LogP contribution in [0.4, 0.5) is 4.79 Å². The van der Waals surface area contributed by atoms with E-state index in [1.165, 1.54) is 0 Å². The molecule has 0 aliphatic rings. The smallest absolute Gasteiger partial charge is 0.436 e. The molecular weight excluding hydrogens is 146 g/mol. The SMILES string of the molecule is CCOC(=O)/N=C(\C)OCC. The van der Waals surface area contributed by atoms with Crippen molar-refractivity contribution in [2.75, 3.05) is 13.2 Å². The van der Waals surface area contributed by atoms with Gasteiger partial charge in [-0.2, -0.15) is 0 Å². The first kappa shape index (κ1) is 9.94. The largest absolute Gasteiger partial charge is 0.481 e. The molecule has 0 unspecified atom stereocenters. The number of nitrogens with zero attached hydrogens (tertiary/aromatic N) is 1. The minimum absolute atomic E-state index is 0.335. The maximum atomic E-state index is 10.6. The van der Waals surface area contributed by atoms with Gasteiger partial charge in [-0.15, -0.1) is 4.99 Å². The first-order valence-electron chi connectivity index (χ1n) is 3.55. The Morgan fingerprint density at radius 3 is 2.27 bits per heavy atom. The molecule has 0 fully saturated rings. The molecule has 0 radical (unpaired) electrons. The van der Waals surface area contributed by atoms with Gasteiger partial charge in [-0.05, 0) is 13.8 Å². The van der Waals surface area contributed by atoms with Crippen molar-refractivity contribution in [2.24, 2.45) is 4.99 Å². The maximum Gasteiger partial charge on any atom is 0.436 e. The highest BCUT2D eigenvalue weighted by Crippen LogP contribution is 1.87. The third-order valence-electron chi connectivity index (χ3n) is 0.870. The van der Waals surface area contributed by atoms with Gasteiger partial charge >= 0.3 is 6.09 Å². The Hall–Kier alpha value is -1.06. The van der Waals surface area contributed by atoms with Crippen LogP contribution in [0.3, 0.4) is 0 Å². The molecule has 4 heteroatoms. The molecule has 0 aliphatic carbocycles. The summed E-state index contributed by atoms with van der Waals surface area (Å²) in [7, 11) is 0. The zero-order chi connectivity index (χ0) is 8.69. The van der Waals surface area contributed by atoms with Gasteiger partial charge in [-0.1, -0.05) is 0 Å². The highest BCUT2D eigenvalue weighted by Gasteiger charge is 1.98. The summed E-state index contributed by atoms with van der Waals surface area (Å²) in [5, 5.41) is 0. The normalized spacial score (nSPS) is 11.0. The number of amides is 1. The zero-order valence-electron chi connectivity index (χ0n) is 7.09. The molecule has 0 aliphatic heterocycles. The molecule has 0 aromatic carbocycles. The van der Waals surface area contributed by atoms with Gasteiger partial charge in [0.25, 0.3) is 0 Å². The van der Waals surface area contributed by atoms with Gasteiger partial charge in [-0.3, -0.25) is 0 Å². The number of carbonyl (C=O) groups excluding carboxylic acids is 1. The molecule has 0 spiro atoms. The lowest BCUT2D eigenvalue weighted by Gasteiger charge is -1.99. The predicted octanol–water partition coefficient (Wildman–Crippen LogP) is 1.60. The highest BCUT2D eigenvalue weighted by molar-refractivity contribution is 5.86. The third-order valence-corrected chi connectivity index (χ3v) is 0.870. The second kappa shape index (κ2) is 5.70. The van der Waals surface area contributed by atoms with Crippen molar-refractivity contribution in [3.05, 3.63) is 0 Å². The van der Waals surface area contributed by atoms with Crippen LogP contribution in [0.15, 0.2) is 4.99 Å². The van der Waals surface area contributed by atoms with Crippen LogP contribution in [0.2, 0.25) is 0 Å². The van der Waals surface area contributed by atoms with Crippen molar-refractivity contribution < 1.29 is 14.3 Å². The Morgan fingerprint density at radius 2 is 1.82 bits per heavy atom. The molecule has 0 bridgehead atoms. The van der Waals surface area contributed by atoms with E-state index in [1.807, 2.05) is 6.92 Å². The van der Waals surface area contributed by atoms with Crippen molar-refractivity contribution in [2.45, 2.75) is 20.8 Å². The Kier molecular flexibility index (Phi) is 5.15. The lowest BCUT2D eigenvalue weighted by molar-refractivity contribution is 0.162.